The van der Waals surface area contributed by atoms with E-state index in [4.69, 9.17) is 4.52 Å². The molecule has 0 aliphatic carbocycles. The van der Waals surface area contributed by atoms with Crippen molar-refractivity contribution in [1.82, 2.24) is 25.7 Å². The van der Waals surface area contributed by atoms with Gasteiger partial charge in [-0.2, -0.15) is 4.98 Å². The standard InChI is InChI=1S/C18H32N6O2.HI/c1-4-19-18(21-11-7-13-24-12-6-9-16(24)25)20-10-5-8-15-22-17(14(2)3)23-26-15;/h14H,4-13H2,1-3H3,(H2,19,20,21);1H. The fourth-order valence-electron chi connectivity index (χ4n) is 2.79. The smallest absolute Gasteiger partial charge is 0.226 e. The van der Waals surface area contributed by atoms with Gasteiger partial charge in [0.25, 0.3) is 0 Å². The number of rotatable bonds is 10. The molecule has 8 nitrogen and oxygen atoms in total. The molecule has 1 aromatic rings. The lowest BCUT2D eigenvalue weighted by Crippen LogP contribution is -2.38. The van der Waals surface area contributed by atoms with Gasteiger partial charge in [-0.15, -0.1) is 24.0 Å². The van der Waals surface area contributed by atoms with E-state index in [1.165, 1.54) is 0 Å². The zero-order chi connectivity index (χ0) is 18.8. The molecule has 0 aromatic carbocycles. The van der Waals surface area contributed by atoms with Crippen molar-refractivity contribution < 1.29 is 9.32 Å². The van der Waals surface area contributed by atoms with Crippen LogP contribution in [0.15, 0.2) is 9.52 Å². The molecule has 0 atom stereocenters. The predicted molar refractivity (Wildman–Crippen MR) is 117 cm³/mol. The molecule has 0 saturated carbocycles. The van der Waals surface area contributed by atoms with Gasteiger partial charge in [-0.05, 0) is 26.2 Å². The second-order valence-electron chi connectivity index (χ2n) is 6.83. The molecule has 2 rings (SSSR count). The fourth-order valence-corrected chi connectivity index (χ4v) is 2.79. The van der Waals surface area contributed by atoms with Crippen LogP contribution in [-0.2, 0) is 11.2 Å². The van der Waals surface area contributed by atoms with E-state index in [1.54, 1.807) is 0 Å². The Kier molecular flexibility index (Phi) is 11.3. The molecular weight excluding hydrogens is 459 g/mol. The fraction of sp³-hybridized carbons (Fsp3) is 0.778. The molecule has 1 amide bonds. The third kappa shape index (κ3) is 8.44. The summed E-state index contributed by atoms with van der Waals surface area (Å²) in [4.78, 5) is 22.5. The van der Waals surface area contributed by atoms with Gasteiger partial charge in [-0.25, -0.2) is 0 Å². The summed E-state index contributed by atoms with van der Waals surface area (Å²) in [7, 11) is 0. The van der Waals surface area contributed by atoms with Crippen LogP contribution in [0.3, 0.4) is 0 Å². The number of amides is 1. The minimum atomic E-state index is 0. The van der Waals surface area contributed by atoms with Gasteiger partial charge in [0.1, 0.15) is 0 Å². The molecule has 27 heavy (non-hydrogen) atoms. The molecule has 1 aliphatic heterocycles. The molecule has 2 heterocycles. The number of halogens is 1. The SMILES string of the molecule is CCNC(=NCCCN1CCCC1=O)NCCCc1nc(C(C)C)no1.I. The molecule has 9 heteroatoms. The maximum Gasteiger partial charge on any atom is 0.226 e. The number of likely N-dealkylation sites (tertiary alicyclic amines) is 1. The van der Waals surface area contributed by atoms with Crippen LogP contribution in [-0.4, -0.2) is 59.6 Å². The minimum Gasteiger partial charge on any atom is -0.357 e. The third-order valence-electron chi connectivity index (χ3n) is 4.23. The summed E-state index contributed by atoms with van der Waals surface area (Å²) in [6.07, 6.45) is 4.23. The van der Waals surface area contributed by atoms with E-state index in [9.17, 15) is 4.79 Å². The highest BCUT2D eigenvalue weighted by molar-refractivity contribution is 14.0. The minimum absolute atomic E-state index is 0. The van der Waals surface area contributed by atoms with Crippen LogP contribution in [0.4, 0.5) is 0 Å². The zero-order valence-corrected chi connectivity index (χ0v) is 19.0. The van der Waals surface area contributed by atoms with Crippen LogP contribution >= 0.6 is 24.0 Å². The monoisotopic (exact) mass is 492 g/mol. The summed E-state index contributed by atoms with van der Waals surface area (Å²) >= 11 is 0. The Hall–Kier alpha value is -1.39. The molecule has 2 N–H and O–H groups in total. The number of aromatic nitrogens is 2. The van der Waals surface area contributed by atoms with Crippen LogP contribution < -0.4 is 10.6 Å². The first kappa shape index (κ1) is 23.6. The Morgan fingerprint density at radius 2 is 2.15 bits per heavy atom. The van der Waals surface area contributed by atoms with E-state index in [0.29, 0.717) is 18.9 Å². The molecule has 1 aromatic heterocycles. The third-order valence-corrected chi connectivity index (χ3v) is 4.23. The Bertz CT molecular complexity index is 590. The van der Waals surface area contributed by atoms with Crippen molar-refractivity contribution in [2.75, 3.05) is 32.7 Å². The van der Waals surface area contributed by atoms with Gasteiger partial charge in [-0.3, -0.25) is 9.79 Å². The van der Waals surface area contributed by atoms with E-state index < -0.39 is 0 Å². The molecule has 1 saturated heterocycles. The molecule has 1 aliphatic rings. The van der Waals surface area contributed by atoms with Crippen LogP contribution in [0.1, 0.15) is 64.1 Å². The highest BCUT2D eigenvalue weighted by Gasteiger charge is 2.18. The largest absolute Gasteiger partial charge is 0.357 e. The van der Waals surface area contributed by atoms with Gasteiger partial charge in [0, 0.05) is 51.5 Å². The Morgan fingerprint density at radius 1 is 1.33 bits per heavy atom. The van der Waals surface area contributed by atoms with Gasteiger partial charge >= 0.3 is 0 Å². The number of aryl methyl sites for hydroxylation is 1. The lowest BCUT2D eigenvalue weighted by Gasteiger charge is -2.15. The Labute approximate surface area is 179 Å². The van der Waals surface area contributed by atoms with E-state index in [1.807, 2.05) is 11.8 Å². The first-order chi connectivity index (χ1) is 12.6. The van der Waals surface area contributed by atoms with E-state index in [0.717, 1.165) is 63.6 Å². The van der Waals surface area contributed by atoms with Crippen molar-refractivity contribution in [3.63, 3.8) is 0 Å². The second kappa shape index (κ2) is 12.9. The van der Waals surface area contributed by atoms with Crippen molar-refractivity contribution in [2.45, 2.75) is 58.8 Å². The number of guanidine groups is 1. The molecule has 0 radical (unpaired) electrons. The quantitative estimate of drug-likeness (QED) is 0.225. The van der Waals surface area contributed by atoms with Crippen molar-refractivity contribution in [2.24, 2.45) is 4.99 Å². The topological polar surface area (TPSA) is 95.7 Å². The number of aliphatic imine (C=N–C) groups is 1. The molecule has 0 unspecified atom stereocenters. The maximum atomic E-state index is 11.6. The molecule has 0 spiro atoms. The van der Waals surface area contributed by atoms with Crippen LogP contribution in [0.25, 0.3) is 0 Å². The van der Waals surface area contributed by atoms with Gasteiger partial charge in [0.15, 0.2) is 11.8 Å². The predicted octanol–water partition coefficient (Wildman–Crippen LogP) is 2.31. The van der Waals surface area contributed by atoms with Crippen molar-refractivity contribution in [3.8, 4) is 0 Å². The number of hydrogen-bond acceptors (Lipinski definition) is 5. The first-order valence-corrected chi connectivity index (χ1v) is 9.72. The molecule has 1 fully saturated rings. The Balaban J connectivity index is 0.00000364. The van der Waals surface area contributed by atoms with E-state index in [-0.39, 0.29) is 35.8 Å². The van der Waals surface area contributed by atoms with Crippen LogP contribution in [0, 0.1) is 0 Å². The summed E-state index contributed by atoms with van der Waals surface area (Å²) in [6.45, 7) is 10.2. The summed E-state index contributed by atoms with van der Waals surface area (Å²) in [5, 5.41) is 10.5. The number of carbonyl (C=O) groups is 1. The average molecular weight is 492 g/mol. The van der Waals surface area contributed by atoms with Gasteiger partial charge in [0.2, 0.25) is 11.8 Å². The van der Waals surface area contributed by atoms with Crippen LogP contribution in [0.2, 0.25) is 0 Å². The summed E-state index contributed by atoms with van der Waals surface area (Å²) in [5.74, 6) is 2.83. The first-order valence-electron chi connectivity index (χ1n) is 9.72. The normalized spacial score (nSPS) is 14.6. The lowest BCUT2D eigenvalue weighted by atomic mass is 10.2. The summed E-state index contributed by atoms with van der Waals surface area (Å²) < 4.78 is 5.25. The number of nitrogens with one attached hydrogen (secondary N) is 2. The highest BCUT2D eigenvalue weighted by atomic mass is 127. The second-order valence-corrected chi connectivity index (χ2v) is 6.83. The average Bonchev–Trinajstić information content (AvgIpc) is 3.24. The maximum absolute atomic E-state index is 11.6. The van der Waals surface area contributed by atoms with E-state index >= 15 is 0 Å². The summed E-state index contributed by atoms with van der Waals surface area (Å²) in [6, 6.07) is 0. The van der Waals surface area contributed by atoms with Gasteiger partial charge < -0.3 is 20.1 Å². The number of carbonyl (C=O) groups excluding carboxylic acids is 1. The number of hydrogen-bond donors (Lipinski definition) is 2. The molecular formula is C18H33IN6O2. The van der Waals surface area contributed by atoms with Gasteiger partial charge in [0.05, 0.1) is 0 Å². The van der Waals surface area contributed by atoms with Crippen molar-refractivity contribution >= 4 is 35.8 Å². The summed E-state index contributed by atoms with van der Waals surface area (Å²) in [5.41, 5.74) is 0. The van der Waals surface area contributed by atoms with Crippen molar-refractivity contribution in [1.29, 1.82) is 0 Å². The highest BCUT2D eigenvalue weighted by Crippen LogP contribution is 2.10. The number of nitrogens with zero attached hydrogens (tertiary/aromatic N) is 4. The molecule has 0 bridgehead atoms. The van der Waals surface area contributed by atoms with Gasteiger partial charge in [-0.1, -0.05) is 19.0 Å². The van der Waals surface area contributed by atoms with Crippen LogP contribution in [0.5, 0.6) is 0 Å². The Morgan fingerprint density at radius 3 is 2.78 bits per heavy atom. The molecule has 154 valence electrons. The zero-order valence-electron chi connectivity index (χ0n) is 16.7. The van der Waals surface area contributed by atoms with Crippen molar-refractivity contribution in [3.05, 3.63) is 11.7 Å². The lowest BCUT2D eigenvalue weighted by molar-refractivity contribution is -0.127. The van der Waals surface area contributed by atoms with E-state index in [2.05, 4.69) is 39.6 Å².